The van der Waals surface area contributed by atoms with Crippen LogP contribution in [0.15, 0.2) is 54.2 Å². The molecular weight excluding hydrogens is 380 g/mol. The standard InChI is InChI=1S/C21H21ClN2O4/c1-3-28-17-10-8-16(9-11-17)23-19-18(14-4-6-15(22)7-5-14)20(25)24(21(19)26)12-13-27-2/h4-11,23H,3,12-13H2,1-2H3. The summed E-state index contributed by atoms with van der Waals surface area (Å²) in [5.74, 6) is -0.0193. The SMILES string of the molecule is CCOc1ccc(NC2=C(c3ccc(Cl)cc3)C(=O)N(CCOC)C2=O)cc1. The van der Waals surface area contributed by atoms with E-state index in [-0.39, 0.29) is 30.7 Å². The topological polar surface area (TPSA) is 67.9 Å². The number of hydrogen-bond acceptors (Lipinski definition) is 5. The van der Waals surface area contributed by atoms with Gasteiger partial charge in [-0.25, -0.2) is 0 Å². The maximum absolute atomic E-state index is 12.9. The van der Waals surface area contributed by atoms with Gasteiger partial charge in [0.1, 0.15) is 11.4 Å². The van der Waals surface area contributed by atoms with E-state index in [1.165, 1.54) is 12.0 Å². The van der Waals surface area contributed by atoms with Gasteiger partial charge < -0.3 is 14.8 Å². The van der Waals surface area contributed by atoms with E-state index < -0.39 is 0 Å². The van der Waals surface area contributed by atoms with Gasteiger partial charge in [0.25, 0.3) is 11.8 Å². The van der Waals surface area contributed by atoms with Crippen LogP contribution in [0.1, 0.15) is 12.5 Å². The number of nitrogens with one attached hydrogen (secondary N) is 1. The summed E-state index contributed by atoms with van der Waals surface area (Å²) in [6.07, 6.45) is 0. The smallest absolute Gasteiger partial charge is 0.278 e. The number of benzene rings is 2. The summed E-state index contributed by atoms with van der Waals surface area (Å²) in [6, 6.07) is 14.0. The molecule has 0 unspecified atom stereocenters. The molecule has 2 aromatic carbocycles. The lowest BCUT2D eigenvalue weighted by Gasteiger charge is -2.14. The van der Waals surface area contributed by atoms with Crippen molar-refractivity contribution in [1.82, 2.24) is 4.90 Å². The lowest BCUT2D eigenvalue weighted by atomic mass is 10.0. The minimum Gasteiger partial charge on any atom is -0.494 e. The number of carbonyl (C=O) groups excluding carboxylic acids is 2. The number of nitrogens with zero attached hydrogens (tertiary/aromatic N) is 1. The third-order valence-corrected chi connectivity index (χ3v) is 4.51. The average Bonchev–Trinajstić information content (AvgIpc) is 2.92. The van der Waals surface area contributed by atoms with E-state index in [9.17, 15) is 9.59 Å². The van der Waals surface area contributed by atoms with Gasteiger partial charge in [-0.3, -0.25) is 14.5 Å². The molecule has 0 spiro atoms. The minimum atomic E-state index is -0.388. The van der Waals surface area contributed by atoms with Crippen LogP contribution in [0.3, 0.4) is 0 Å². The van der Waals surface area contributed by atoms with Crippen LogP contribution in [0.25, 0.3) is 5.57 Å². The molecule has 0 aliphatic carbocycles. The van der Waals surface area contributed by atoms with Crippen molar-refractivity contribution in [2.45, 2.75) is 6.92 Å². The highest BCUT2D eigenvalue weighted by Crippen LogP contribution is 2.31. The van der Waals surface area contributed by atoms with Gasteiger partial charge in [-0.1, -0.05) is 23.7 Å². The summed E-state index contributed by atoms with van der Waals surface area (Å²) >= 11 is 5.96. The van der Waals surface area contributed by atoms with Crippen molar-refractivity contribution in [2.75, 3.05) is 32.2 Å². The van der Waals surface area contributed by atoms with Gasteiger partial charge in [0.05, 0.1) is 25.3 Å². The fraction of sp³-hybridized carbons (Fsp3) is 0.238. The third kappa shape index (κ3) is 4.18. The van der Waals surface area contributed by atoms with Crippen LogP contribution in [0.5, 0.6) is 5.75 Å². The number of ether oxygens (including phenoxy) is 2. The quantitative estimate of drug-likeness (QED) is 0.686. The molecule has 0 fully saturated rings. The van der Waals surface area contributed by atoms with Crippen molar-refractivity contribution in [3.8, 4) is 5.75 Å². The second-order valence-corrected chi connectivity index (χ2v) is 6.53. The molecule has 0 saturated carbocycles. The second kappa shape index (κ2) is 8.91. The molecule has 6 nitrogen and oxygen atoms in total. The molecule has 0 bridgehead atoms. The zero-order chi connectivity index (χ0) is 20.1. The van der Waals surface area contributed by atoms with Crippen molar-refractivity contribution in [2.24, 2.45) is 0 Å². The zero-order valence-electron chi connectivity index (χ0n) is 15.7. The van der Waals surface area contributed by atoms with Gasteiger partial charge in [-0.2, -0.15) is 0 Å². The first kappa shape index (κ1) is 19.9. The largest absolute Gasteiger partial charge is 0.494 e. The molecule has 1 aliphatic rings. The molecule has 0 radical (unpaired) electrons. The van der Waals surface area contributed by atoms with Gasteiger partial charge in [-0.05, 0) is 48.9 Å². The van der Waals surface area contributed by atoms with Gasteiger partial charge >= 0.3 is 0 Å². The predicted molar refractivity (Wildman–Crippen MR) is 108 cm³/mol. The molecule has 0 aromatic heterocycles. The number of carbonyl (C=O) groups is 2. The molecule has 2 aromatic rings. The van der Waals surface area contributed by atoms with Crippen LogP contribution in [-0.2, 0) is 14.3 Å². The molecule has 1 N–H and O–H groups in total. The van der Waals surface area contributed by atoms with Gasteiger partial charge in [-0.15, -0.1) is 0 Å². The van der Waals surface area contributed by atoms with Gasteiger partial charge in [0.2, 0.25) is 0 Å². The average molecular weight is 401 g/mol. The first-order valence-corrected chi connectivity index (χ1v) is 9.28. The van der Waals surface area contributed by atoms with E-state index in [4.69, 9.17) is 21.1 Å². The number of imide groups is 1. The molecular formula is C21H21ClN2O4. The maximum atomic E-state index is 12.9. The molecule has 146 valence electrons. The van der Waals surface area contributed by atoms with Crippen LogP contribution in [0.2, 0.25) is 5.02 Å². The molecule has 1 aliphatic heterocycles. The van der Waals surface area contributed by atoms with Crippen molar-refractivity contribution < 1.29 is 19.1 Å². The Labute approximate surface area is 168 Å². The number of halogens is 1. The lowest BCUT2D eigenvalue weighted by Crippen LogP contribution is -2.35. The van der Waals surface area contributed by atoms with Crippen molar-refractivity contribution in [3.05, 3.63) is 64.8 Å². The Morgan fingerprint density at radius 2 is 1.68 bits per heavy atom. The summed E-state index contributed by atoms with van der Waals surface area (Å²) in [4.78, 5) is 27.1. The fourth-order valence-electron chi connectivity index (χ4n) is 2.91. The Morgan fingerprint density at radius 3 is 2.29 bits per heavy atom. The molecule has 3 rings (SSSR count). The number of hydrogen-bond donors (Lipinski definition) is 1. The van der Waals surface area contributed by atoms with E-state index in [1.807, 2.05) is 6.92 Å². The fourth-order valence-corrected chi connectivity index (χ4v) is 3.03. The highest BCUT2D eigenvalue weighted by molar-refractivity contribution is 6.36. The van der Waals surface area contributed by atoms with Crippen LogP contribution in [-0.4, -0.2) is 43.6 Å². The van der Waals surface area contributed by atoms with E-state index in [2.05, 4.69) is 5.32 Å². The Hall–Kier alpha value is -2.83. The number of amides is 2. The summed E-state index contributed by atoms with van der Waals surface area (Å²) in [5.41, 5.74) is 1.84. The highest BCUT2D eigenvalue weighted by atomic mass is 35.5. The Bertz CT molecular complexity index is 892. The monoisotopic (exact) mass is 400 g/mol. The van der Waals surface area contributed by atoms with Crippen LogP contribution in [0.4, 0.5) is 5.69 Å². The lowest BCUT2D eigenvalue weighted by molar-refractivity contribution is -0.137. The molecule has 7 heteroatoms. The maximum Gasteiger partial charge on any atom is 0.278 e. The number of methoxy groups -OCH3 is 1. The third-order valence-electron chi connectivity index (χ3n) is 4.25. The minimum absolute atomic E-state index is 0.180. The number of anilines is 1. The van der Waals surface area contributed by atoms with Crippen LogP contribution in [0, 0.1) is 0 Å². The Kier molecular flexibility index (Phi) is 6.34. The van der Waals surface area contributed by atoms with Crippen molar-refractivity contribution in [1.29, 1.82) is 0 Å². The molecule has 0 atom stereocenters. The second-order valence-electron chi connectivity index (χ2n) is 6.09. The first-order valence-electron chi connectivity index (χ1n) is 8.90. The van der Waals surface area contributed by atoms with Gasteiger partial charge in [0.15, 0.2) is 0 Å². The predicted octanol–water partition coefficient (Wildman–Crippen LogP) is 3.58. The highest BCUT2D eigenvalue weighted by Gasteiger charge is 2.38. The van der Waals surface area contributed by atoms with E-state index in [0.29, 0.717) is 28.5 Å². The van der Waals surface area contributed by atoms with Crippen LogP contribution >= 0.6 is 11.6 Å². The van der Waals surface area contributed by atoms with E-state index in [1.54, 1.807) is 48.5 Å². The van der Waals surface area contributed by atoms with Crippen LogP contribution < -0.4 is 10.1 Å². The molecule has 1 heterocycles. The summed E-state index contributed by atoms with van der Waals surface area (Å²) in [7, 11) is 1.53. The Balaban J connectivity index is 1.96. The Morgan fingerprint density at radius 1 is 1.00 bits per heavy atom. The van der Waals surface area contributed by atoms with Crippen molar-refractivity contribution in [3.63, 3.8) is 0 Å². The van der Waals surface area contributed by atoms with E-state index in [0.717, 1.165) is 5.75 Å². The summed E-state index contributed by atoms with van der Waals surface area (Å²) < 4.78 is 10.5. The normalized spacial score (nSPS) is 14.0. The van der Waals surface area contributed by atoms with Crippen molar-refractivity contribution >= 4 is 34.7 Å². The molecule has 28 heavy (non-hydrogen) atoms. The number of rotatable bonds is 8. The first-order chi connectivity index (χ1) is 13.5. The summed E-state index contributed by atoms with van der Waals surface area (Å²) in [5, 5.41) is 3.65. The van der Waals surface area contributed by atoms with Gasteiger partial charge in [0, 0.05) is 17.8 Å². The molecule has 0 saturated heterocycles. The zero-order valence-corrected chi connectivity index (χ0v) is 16.5. The molecule has 2 amide bonds. The van der Waals surface area contributed by atoms with E-state index >= 15 is 0 Å². The summed E-state index contributed by atoms with van der Waals surface area (Å²) in [6.45, 7) is 2.92.